The van der Waals surface area contributed by atoms with Gasteiger partial charge in [0.1, 0.15) is 17.0 Å². The van der Waals surface area contributed by atoms with Crippen LogP contribution in [0, 0.1) is 5.82 Å². The van der Waals surface area contributed by atoms with Crippen molar-refractivity contribution < 1.29 is 23.5 Å². The zero-order valence-corrected chi connectivity index (χ0v) is 23.5. The highest BCUT2D eigenvalue weighted by Gasteiger charge is 2.35. The van der Waals surface area contributed by atoms with Crippen LogP contribution in [0.4, 0.5) is 20.6 Å². The normalized spacial score (nSPS) is 17.0. The first-order chi connectivity index (χ1) is 18.9. The summed E-state index contributed by atoms with van der Waals surface area (Å²) in [7, 11) is 1.59. The average Bonchev–Trinajstić information content (AvgIpc) is 3.32. The van der Waals surface area contributed by atoms with Crippen LogP contribution < -0.4 is 16.2 Å². The highest BCUT2D eigenvalue weighted by atomic mass is 35.5. The van der Waals surface area contributed by atoms with Crippen molar-refractivity contribution in [2.45, 2.75) is 44.9 Å². The number of methoxy groups -OCH3 is 1. The number of ether oxygens (including phenoxy) is 2. The maximum absolute atomic E-state index is 15.1. The molecule has 1 aliphatic rings. The van der Waals surface area contributed by atoms with Crippen LogP contribution in [0.5, 0.6) is 0 Å². The van der Waals surface area contributed by atoms with Crippen LogP contribution in [0.3, 0.4) is 0 Å². The molecule has 9 nitrogen and oxygen atoms in total. The lowest BCUT2D eigenvalue weighted by Gasteiger charge is -2.25. The number of carbonyl (C=O) groups excluding carboxylic acids is 2. The maximum atomic E-state index is 15.1. The second-order valence-electron chi connectivity index (χ2n) is 10.5. The highest BCUT2D eigenvalue weighted by Crippen LogP contribution is 2.24. The van der Waals surface area contributed by atoms with E-state index in [0.29, 0.717) is 23.7 Å². The number of urea groups is 1. The Hall–Kier alpha value is -3.89. The molecule has 40 heavy (non-hydrogen) atoms. The number of aromatic nitrogens is 1. The molecule has 212 valence electrons. The quantitative estimate of drug-likeness (QED) is 0.373. The smallest absolute Gasteiger partial charge is 0.344 e. The second kappa shape index (κ2) is 12.1. The first kappa shape index (κ1) is 29.1. The summed E-state index contributed by atoms with van der Waals surface area (Å²) in [5.41, 5.74) is -0.462. The Morgan fingerprint density at radius 1 is 1.12 bits per heavy atom. The van der Waals surface area contributed by atoms with E-state index in [-0.39, 0.29) is 41.7 Å². The molecule has 0 radical (unpaired) electrons. The largest absolute Gasteiger partial charge is 0.456 e. The van der Waals surface area contributed by atoms with Gasteiger partial charge in [-0.15, -0.1) is 0 Å². The minimum atomic E-state index is -0.766. The minimum Gasteiger partial charge on any atom is -0.456 e. The highest BCUT2D eigenvalue weighted by molar-refractivity contribution is 6.30. The van der Waals surface area contributed by atoms with Crippen molar-refractivity contribution in [3.63, 3.8) is 0 Å². The number of benzene rings is 2. The van der Waals surface area contributed by atoms with Gasteiger partial charge in [-0.2, -0.15) is 0 Å². The third kappa shape index (κ3) is 7.00. The van der Waals surface area contributed by atoms with Crippen molar-refractivity contribution in [3.05, 3.63) is 87.6 Å². The Morgan fingerprint density at radius 3 is 2.50 bits per heavy atom. The fourth-order valence-electron chi connectivity index (χ4n) is 4.43. The summed E-state index contributed by atoms with van der Waals surface area (Å²) >= 11 is 5.93. The van der Waals surface area contributed by atoms with Crippen molar-refractivity contribution >= 4 is 35.0 Å². The lowest BCUT2D eigenvalue weighted by Crippen LogP contribution is -2.42. The maximum Gasteiger partial charge on any atom is 0.344 e. The zero-order valence-electron chi connectivity index (χ0n) is 22.7. The molecular weight excluding hydrogens is 539 g/mol. The number of esters is 1. The summed E-state index contributed by atoms with van der Waals surface area (Å²) in [6.07, 6.45) is 1.88. The summed E-state index contributed by atoms with van der Waals surface area (Å²) in [6, 6.07) is 13.4. The predicted octanol–water partition coefficient (Wildman–Crippen LogP) is 5.32. The van der Waals surface area contributed by atoms with Gasteiger partial charge in [-0.3, -0.25) is 9.36 Å². The summed E-state index contributed by atoms with van der Waals surface area (Å²) in [4.78, 5) is 40.1. The van der Waals surface area contributed by atoms with E-state index in [9.17, 15) is 14.4 Å². The van der Waals surface area contributed by atoms with Crippen LogP contribution in [0.2, 0.25) is 5.02 Å². The first-order valence-electron chi connectivity index (χ1n) is 12.8. The van der Waals surface area contributed by atoms with E-state index in [4.69, 9.17) is 21.1 Å². The average molecular weight is 571 g/mol. The summed E-state index contributed by atoms with van der Waals surface area (Å²) < 4.78 is 27.1. The van der Waals surface area contributed by atoms with E-state index in [1.54, 1.807) is 63.1 Å². The molecule has 1 fully saturated rings. The number of likely N-dealkylation sites (tertiary alicyclic amines) is 1. The van der Waals surface area contributed by atoms with Crippen LogP contribution >= 0.6 is 11.6 Å². The van der Waals surface area contributed by atoms with E-state index in [2.05, 4.69) is 10.6 Å². The number of halogens is 2. The van der Waals surface area contributed by atoms with Crippen molar-refractivity contribution in [2.24, 2.45) is 0 Å². The van der Waals surface area contributed by atoms with E-state index in [1.165, 1.54) is 35.0 Å². The summed E-state index contributed by atoms with van der Waals surface area (Å²) in [6.45, 7) is 5.79. The monoisotopic (exact) mass is 570 g/mol. The number of amides is 2. The number of nitrogens with one attached hydrogen (secondary N) is 2. The molecule has 0 spiro atoms. The molecule has 1 aromatic heterocycles. The topological polar surface area (TPSA) is 102 Å². The number of rotatable bonds is 7. The molecule has 11 heteroatoms. The van der Waals surface area contributed by atoms with Crippen LogP contribution in [-0.2, 0) is 9.47 Å². The molecule has 2 aromatic carbocycles. The number of anilines is 2. The summed E-state index contributed by atoms with van der Waals surface area (Å²) in [5.74, 6) is -1.34. The van der Waals surface area contributed by atoms with E-state index >= 15 is 4.39 Å². The molecular formula is C29H32ClFN4O5. The molecule has 2 N–H and O–H groups in total. The van der Waals surface area contributed by atoms with Gasteiger partial charge in [0.05, 0.1) is 23.5 Å². The van der Waals surface area contributed by atoms with Crippen molar-refractivity contribution in [1.29, 1.82) is 0 Å². The van der Waals surface area contributed by atoms with Crippen LogP contribution in [0.1, 0.15) is 37.6 Å². The summed E-state index contributed by atoms with van der Waals surface area (Å²) in [5, 5.41) is 6.49. The molecule has 3 aromatic rings. The molecule has 0 saturated carbocycles. The Morgan fingerprint density at radius 2 is 1.85 bits per heavy atom. The standard InChI is InChI=1S/C29H32ClFN4O5/c1-29(2,3)40-27(37)23-6-5-13-34(26(23)36)20-11-12-25(24(31)15-20)32-16-21-14-22(39-4)17-35(21)28(38)33-19-9-7-18(30)8-10-19/h5-13,15,21-22,32H,14,16-17H2,1-4H3,(H,33,38). The first-order valence-corrected chi connectivity index (χ1v) is 13.2. The Labute approximate surface area is 236 Å². The van der Waals surface area contributed by atoms with Crippen LogP contribution in [-0.4, -0.2) is 59.4 Å². The number of hydrogen-bond donors (Lipinski definition) is 2. The molecule has 0 bridgehead atoms. The molecule has 2 unspecified atom stereocenters. The Bertz CT molecular complexity index is 1440. The van der Waals surface area contributed by atoms with E-state index in [0.717, 1.165) is 0 Å². The number of carbonyl (C=O) groups is 2. The Balaban J connectivity index is 1.46. The van der Waals surface area contributed by atoms with Crippen molar-refractivity contribution in [1.82, 2.24) is 9.47 Å². The predicted molar refractivity (Wildman–Crippen MR) is 152 cm³/mol. The lowest BCUT2D eigenvalue weighted by atomic mass is 10.1. The molecule has 1 saturated heterocycles. The number of nitrogens with zero attached hydrogens (tertiary/aromatic N) is 2. The van der Waals surface area contributed by atoms with Gasteiger partial charge in [-0.05, 0) is 75.7 Å². The van der Waals surface area contributed by atoms with Crippen LogP contribution in [0.15, 0.2) is 65.6 Å². The number of hydrogen-bond acceptors (Lipinski definition) is 6. The zero-order chi connectivity index (χ0) is 29.0. The molecule has 1 aliphatic heterocycles. The fraction of sp³-hybridized carbons (Fsp3) is 0.345. The van der Waals surface area contributed by atoms with Gasteiger partial charge in [0, 0.05) is 43.2 Å². The minimum absolute atomic E-state index is 0.147. The van der Waals surface area contributed by atoms with Gasteiger partial charge in [0.2, 0.25) is 0 Å². The van der Waals surface area contributed by atoms with Gasteiger partial charge in [-0.1, -0.05) is 11.6 Å². The third-order valence-corrected chi connectivity index (χ3v) is 6.64. The van der Waals surface area contributed by atoms with Gasteiger partial charge in [0.15, 0.2) is 0 Å². The van der Waals surface area contributed by atoms with Gasteiger partial charge >= 0.3 is 12.0 Å². The lowest BCUT2D eigenvalue weighted by molar-refractivity contribution is 0.00671. The van der Waals surface area contributed by atoms with Gasteiger partial charge in [0.25, 0.3) is 5.56 Å². The molecule has 2 atom stereocenters. The number of pyridine rings is 1. The second-order valence-corrected chi connectivity index (χ2v) is 10.9. The van der Waals surface area contributed by atoms with E-state index < -0.39 is 22.9 Å². The Kier molecular flexibility index (Phi) is 8.80. The van der Waals surface area contributed by atoms with Gasteiger partial charge < -0.3 is 25.0 Å². The van der Waals surface area contributed by atoms with Crippen molar-refractivity contribution in [2.75, 3.05) is 30.8 Å². The van der Waals surface area contributed by atoms with E-state index in [1.807, 2.05) is 0 Å². The molecule has 4 rings (SSSR count). The van der Waals surface area contributed by atoms with Crippen LogP contribution in [0.25, 0.3) is 5.69 Å². The van der Waals surface area contributed by atoms with Gasteiger partial charge in [-0.25, -0.2) is 14.0 Å². The fourth-order valence-corrected chi connectivity index (χ4v) is 4.55. The SMILES string of the molecule is COC1CC(CNc2ccc(-n3cccc(C(=O)OC(C)(C)C)c3=O)cc2F)N(C(=O)Nc2ccc(Cl)cc2)C1. The molecule has 2 amide bonds. The third-order valence-electron chi connectivity index (χ3n) is 6.39. The van der Waals surface area contributed by atoms with Crippen molar-refractivity contribution in [3.8, 4) is 5.69 Å². The molecule has 2 heterocycles. The molecule has 0 aliphatic carbocycles.